The van der Waals surface area contributed by atoms with E-state index >= 15 is 0 Å². The van der Waals surface area contributed by atoms with E-state index in [0.29, 0.717) is 18.2 Å². The number of azo groups is 1. The first-order valence-corrected chi connectivity index (χ1v) is 3.16. The van der Waals surface area contributed by atoms with Gasteiger partial charge in [0.15, 0.2) is 5.82 Å². The van der Waals surface area contributed by atoms with E-state index < -0.39 is 5.91 Å². The van der Waals surface area contributed by atoms with Crippen LogP contribution in [0.5, 0.6) is 0 Å². The molecule has 0 atom stereocenters. The Balaban J connectivity index is 2.55. The number of amides is 1. The molecule has 2 rings (SSSR count). The second-order valence-corrected chi connectivity index (χ2v) is 2.25. The van der Waals surface area contributed by atoms with Crippen LogP contribution in [0.4, 0.5) is 5.82 Å². The Hall–Kier alpha value is -1.65. The number of hydrogen-bond acceptors (Lipinski definition) is 3. The third-order valence-electron chi connectivity index (χ3n) is 1.59. The zero-order chi connectivity index (χ0) is 7.84. The van der Waals surface area contributed by atoms with Crippen LogP contribution in [0.2, 0.25) is 0 Å². The molecule has 0 aromatic carbocycles. The molecular formula is C6H6N4O. The molecule has 0 bridgehead atoms. The number of carbonyl (C=O) groups is 1. The molecule has 1 aromatic rings. The van der Waals surface area contributed by atoms with Crippen molar-refractivity contribution in [2.24, 2.45) is 16.0 Å². The van der Waals surface area contributed by atoms with Gasteiger partial charge in [0.2, 0.25) is 0 Å². The molecule has 0 radical (unpaired) electrons. The Morgan fingerprint density at radius 1 is 1.64 bits per heavy atom. The highest BCUT2D eigenvalue weighted by Crippen LogP contribution is 2.22. The van der Waals surface area contributed by atoms with Gasteiger partial charge in [0.05, 0.1) is 0 Å². The van der Waals surface area contributed by atoms with Gasteiger partial charge in [-0.2, -0.15) is 5.11 Å². The predicted molar refractivity (Wildman–Crippen MR) is 37.5 cm³/mol. The van der Waals surface area contributed by atoms with Gasteiger partial charge in [-0.15, -0.1) is 5.11 Å². The Morgan fingerprint density at radius 2 is 2.45 bits per heavy atom. The lowest BCUT2D eigenvalue weighted by Gasteiger charge is -1.97. The van der Waals surface area contributed by atoms with E-state index in [1.54, 1.807) is 16.7 Å². The normalized spacial score (nSPS) is 13.5. The molecular weight excluding hydrogens is 144 g/mol. The summed E-state index contributed by atoms with van der Waals surface area (Å²) in [5.74, 6) is 0.252. The predicted octanol–water partition coefficient (Wildman–Crippen LogP) is 0.642. The van der Waals surface area contributed by atoms with Gasteiger partial charge >= 0.3 is 0 Å². The quantitative estimate of drug-likeness (QED) is 0.626. The van der Waals surface area contributed by atoms with Crippen molar-refractivity contribution < 1.29 is 4.79 Å². The molecule has 5 heteroatoms. The molecule has 5 nitrogen and oxygen atoms in total. The fraction of sp³-hybridized carbons (Fsp3) is 0.167. The molecule has 56 valence electrons. The van der Waals surface area contributed by atoms with Crippen molar-refractivity contribution in [1.29, 1.82) is 0 Å². The van der Waals surface area contributed by atoms with Gasteiger partial charge in [-0.25, -0.2) is 0 Å². The van der Waals surface area contributed by atoms with Crippen LogP contribution >= 0.6 is 0 Å². The first-order chi connectivity index (χ1) is 5.29. The maximum atomic E-state index is 10.7. The number of fused-ring (bicyclic) bond motifs is 1. The minimum atomic E-state index is -0.441. The van der Waals surface area contributed by atoms with E-state index in [4.69, 9.17) is 5.73 Å². The zero-order valence-corrected chi connectivity index (χ0v) is 5.69. The second-order valence-electron chi connectivity index (χ2n) is 2.25. The molecule has 1 amide bonds. The number of hydrogen-bond donors (Lipinski definition) is 1. The summed E-state index contributed by atoms with van der Waals surface area (Å²) in [5, 5.41) is 7.52. The number of aromatic nitrogens is 1. The Morgan fingerprint density at radius 3 is 3.18 bits per heavy atom. The molecule has 0 spiro atoms. The SMILES string of the molecule is NC(=O)c1ccc2n1CN=N2. The molecule has 0 saturated carbocycles. The van der Waals surface area contributed by atoms with Gasteiger partial charge in [-0.1, -0.05) is 0 Å². The third kappa shape index (κ3) is 0.739. The van der Waals surface area contributed by atoms with E-state index in [1.807, 2.05) is 0 Å². The van der Waals surface area contributed by atoms with Crippen molar-refractivity contribution in [1.82, 2.24) is 4.57 Å². The summed E-state index contributed by atoms with van der Waals surface area (Å²) in [6.45, 7) is 0.403. The van der Waals surface area contributed by atoms with E-state index in [1.165, 1.54) is 0 Å². The zero-order valence-electron chi connectivity index (χ0n) is 5.69. The molecule has 2 N–H and O–H groups in total. The minimum Gasteiger partial charge on any atom is -0.364 e. The van der Waals surface area contributed by atoms with Crippen LogP contribution in [0.25, 0.3) is 0 Å². The molecule has 1 aromatic heterocycles. The van der Waals surface area contributed by atoms with Crippen LogP contribution in [0, 0.1) is 0 Å². The highest BCUT2D eigenvalue weighted by Gasteiger charge is 2.14. The first-order valence-electron chi connectivity index (χ1n) is 3.16. The Kier molecular flexibility index (Phi) is 1.06. The summed E-state index contributed by atoms with van der Waals surface area (Å²) in [7, 11) is 0. The molecule has 0 aliphatic carbocycles. The molecule has 1 aliphatic heterocycles. The molecule has 1 aliphatic rings. The number of rotatable bonds is 1. The second kappa shape index (κ2) is 1.91. The monoisotopic (exact) mass is 150 g/mol. The van der Waals surface area contributed by atoms with Crippen LogP contribution in [0.15, 0.2) is 22.4 Å². The Bertz CT molecular complexity index is 338. The summed E-state index contributed by atoms with van der Waals surface area (Å²) < 4.78 is 1.67. The van der Waals surface area contributed by atoms with Gasteiger partial charge in [0.1, 0.15) is 12.4 Å². The van der Waals surface area contributed by atoms with Gasteiger partial charge in [-0.3, -0.25) is 9.36 Å². The lowest BCUT2D eigenvalue weighted by molar-refractivity contribution is 0.0992. The fourth-order valence-electron chi connectivity index (χ4n) is 1.08. The van der Waals surface area contributed by atoms with Crippen molar-refractivity contribution in [3.63, 3.8) is 0 Å². The number of nitrogens with zero attached hydrogens (tertiary/aromatic N) is 3. The van der Waals surface area contributed by atoms with E-state index in [-0.39, 0.29) is 0 Å². The minimum absolute atomic E-state index is 0.403. The van der Waals surface area contributed by atoms with Crippen molar-refractivity contribution in [2.75, 3.05) is 0 Å². The highest BCUT2D eigenvalue weighted by atomic mass is 16.1. The van der Waals surface area contributed by atoms with Crippen molar-refractivity contribution >= 4 is 11.7 Å². The van der Waals surface area contributed by atoms with Crippen molar-refractivity contribution in [3.8, 4) is 0 Å². The largest absolute Gasteiger partial charge is 0.364 e. The molecule has 11 heavy (non-hydrogen) atoms. The topological polar surface area (TPSA) is 72.7 Å². The molecule has 0 saturated heterocycles. The smallest absolute Gasteiger partial charge is 0.265 e. The molecule has 0 unspecified atom stereocenters. The maximum absolute atomic E-state index is 10.7. The lowest BCUT2D eigenvalue weighted by atomic mass is 10.4. The molecule has 0 fully saturated rings. The number of nitrogens with two attached hydrogens (primary N) is 1. The first kappa shape index (κ1) is 6.09. The van der Waals surface area contributed by atoms with Crippen LogP contribution in [0.3, 0.4) is 0 Å². The van der Waals surface area contributed by atoms with Crippen LogP contribution < -0.4 is 5.73 Å². The maximum Gasteiger partial charge on any atom is 0.265 e. The van der Waals surface area contributed by atoms with Crippen LogP contribution in [0.1, 0.15) is 10.5 Å². The standard InChI is InChI=1S/C6H6N4O/c7-6(11)4-1-2-5-9-8-3-10(4)5/h1-2H,3H2,(H2,7,11). The van der Waals surface area contributed by atoms with E-state index in [2.05, 4.69) is 10.2 Å². The fourth-order valence-corrected chi connectivity index (χ4v) is 1.08. The van der Waals surface area contributed by atoms with E-state index in [0.717, 1.165) is 0 Å². The summed E-state index contributed by atoms with van der Waals surface area (Å²) in [5.41, 5.74) is 5.55. The lowest BCUT2D eigenvalue weighted by Crippen LogP contribution is -2.15. The number of primary amides is 1. The average molecular weight is 150 g/mol. The van der Waals surface area contributed by atoms with Crippen LogP contribution in [-0.4, -0.2) is 10.5 Å². The number of carbonyl (C=O) groups excluding carboxylic acids is 1. The van der Waals surface area contributed by atoms with Gasteiger partial charge < -0.3 is 5.73 Å². The van der Waals surface area contributed by atoms with Gasteiger partial charge in [0, 0.05) is 0 Å². The average Bonchev–Trinajstić information content (AvgIpc) is 2.41. The summed E-state index contributed by atoms with van der Waals surface area (Å²) in [6.07, 6.45) is 0. The Labute approximate surface area is 62.5 Å². The highest BCUT2D eigenvalue weighted by molar-refractivity contribution is 5.92. The van der Waals surface area contributed by atoms with Gasteiger partial charge in [-0.05, 0) is 12.1 Å². The van der Waals surface area contributed by atoms with Crippen LogP contribution in [-0.2, 0) is 6.67 Å². The summed E-state index contributed by atoms with van der Waals surface area (Å²) in [4.78, 5) is 10.7. The summed E-state index contributed by atoms with van der Waals surface area (Å²) in [6, 6.07) is 3.37. The van der Waals surface area contributed by atoms with E-state index in [9.17, 15) is 4.79 Å². The third-order valence-corrected chi connectivity index (χ3v) is 1.59. The van der Waals surface area contributed by atoms with Crippen molar-refractivity contribution in [2.45, 2.75) is 6.67 Å². The summed E-state index contributed by atoms with van der Waals surface area (Å²) >= 11 is 0. The van der Waals surface area contributed by atoms with Crippen molar-refractivity contribution in [3.05, 3.63) is 17.8 Å². The molecule has 2 heterocycles. The van der Waals surface area contributed by atoms with Gasteiger partial charge in [0.25, 0.3) is 5.91 Å².